The Morgan fingerprint density at radius 1 is 1.24 bits per heavy atom. The van der Waals surface area contributed by atoms with E-state index in [1.54, 1.807) is 18.4 Å². The van der Waals surface area contributed by atoms with E-state index in [1.165, 1.54) is 0 Å². The molecule has 128 valence electrons. The molecule has 0 radical (unpaired) electrons. The minimum atomic E-state index is 0.0256. The van der Waals surface area contributed by atoms with Crippen molar-refractivity contribution < 1.29 is 9.53 Å². The molecular weight excluding hydrogens is 334 g/mol. The number of benzene rings is 2. The van der Waals surface area contributed by atoms with E-state index in [0.717, 1.165) is 26.7 Å². The molecule has 0 spiro atoms. The zero-order chi connectivity index (χ0) is 17.2. The van der Waals surface area contributed by atoms with Crippen LogP contribution in [-0.2, 0) is 11.3 Å². The van der Waals surface area contributed by atoms with Gasteiger partial charge in [0, 0.05) is 19.6 Å². The fourth-order valence-electron chi connectivity index (χ4n) is 2.94. The van der Waals surface area contributed by atoms with Gasteiger partial charge >= 0.3 is 0 Å². The number of nitrogens with one attached hydrogen (secondary N) is 1. The lowest BCUT2D eigenvalue weighted by Gasteiger charge is -2.37. The Kier molecular flexibility index (Phi) is 4.28. The van der Waals surface area contributed by atoms with E-state index in [9.17, 15) is 4.79 Å². The van der Waals surface area contributed by atoms with E-state index in [2.05, 4.69) is 15.2 Å². The highest BCUT2D eigenvalue weighted by Crippen LogP contribution is 2.36. The average Bonchev–Trinajstić information content (AvgIpc) is 3.03. The van der Waals surface area contributed by atoms with Gasteiger partial charge in [-0.2, -0.15) is 0 Å². The van der Waals surface area contributed by atoms with Gasteiger partial charge in [-0.3, -0.25) is 4.79 Å². The van der Waals surface area contributed by atoms with Gasteiger partial charge in [0.15, 0.2) is 5.13 Å². The summed E-state index contributed by atoms with van der Waals surface area (Å²) >= 11 is 1.64. The molecule has 1 aliphatic rings. The van der Waals surface area contributed by atoms with Crippen LogP contribution in [0.1, 0.15) is 5.56 Å². The lowest BCUT2D eigenvalue weighted by molar-refractivity contribution is -0.125. The molecule has 1 aliphatic heterocycles. The monoisotopic (exact) mass is 353 g/mol. The summed E-state index contributed by atoms with van der Waals surface area (Å²) in [5, 5.41) is 3.97. The van der Waals surface area contributed by atoms with Crippen LogP contribution < -0.4 is 15.0 Å². The number of amides is 1. The summed E-state index contributed by atoms with van der Waals surface area (Å²) in [6, 6.07) is 15.9. The van der Waals surface area contributed by atoms with Crippen LogP contribution in [0, 0.1) is 5.92 Å². The van der Waals surface area contributed by atoms with Crippen LogP contribution in [0.2, 0.25) is 0 Å². The summed E-state index contributed by atoms with van der Waals surface area (Å²) in [7, 11) is 1.66. The molecule has 5 nitrogen and oxygen atoms in total. The molecule has 0 bridgehead atoms. The van der Waals surface area contributed by atoms with Gasteiger partial charge in [0.1, 0.15) is 11.3 Å². The van der Waals surface area contributed by atoms with Gasteiger partial charge in [-0.05, 0) is 17.7 Å². The molecular formula is C19H19N3O2S. The number of methoxy groups -OCH3 is 1. The molecule has 2 heterocycles. The minimum Gasteiger partial charge on any atom is -0.494 e. The summed E-state index contributed by atoms with van der Waals surface area (Å²) in [5.74, 6) is 0.925. The molecule has 1 amide bonds. The third-order valence-corrected chi connectivity index (χ3v) is 5.50. The van der Waals surface area contributed by atoms with Gasteiger partial charge in [0.2, 0.25) is 5.91 Å². The SMILES string of the molecule is COc1cccc2sc(N3CC(C(=O)NCc4ccccc4)C3)nc12. The number of thiazole rings is 1. The number of carbonyl (C=O) groups excluding carboxylic acids is 1. The van der Waals surface area contributed by atoms with Crippen molar-refractivity contribution >= 4 is 32.6 Å². The third kappa shape index (κ3) is 3.17. The van der Waals surface area contributed by atoms with Gasteiger partial charge in [-0.25, -0.2) is 4.98 Å². The quantitative estimate of drug-likeness (QED) is 0.766. The minimum absolute atomic E-state index is 0.0256. The Hall–Kier alpha value is -2.60. The van der Waals surface area contributed by atoms with Crippen LogP contribution >= 0.6 is 11.3 Å². The second-order valence-electron chi connectivity index (χ2n) is 6.11. The fourth-order valence-corrected chi connectivity index (χ4v) is 3.94. The van der Waals surface area contributed by atoms with Crippen LogP contribution in [-0.4, -0.2) is 31.1 Å². The number of rotatable bonds is 5. The Balaban J connectivity index is 1.36. The first kappa shape index (κ1) is 15.9. The highest BCUT2D eigenvalue weighted by molar-refractivity contribution is 7.22. The zero-order valence-corrected chi connectivity index (χ0v) is 14.8. The Labute approximate surface area is 150 Å². The standard InChI is InChI=1S/C19H19N3O2S/c1-24-15-8-5-9-16-17(15)21-19(25-16)22-11-14(12-22)18(23)20-10-13-6-3-2-4-7-13/h2-9,14H,10-12H2,1H3,(H,20,23). The average molecular weight is 353 g/mol. The van der Waals surface area contributed by atoms with Crippen molar-refractivity contribution in [2.75, 3.05) is 25.1 Å². The van der Waals surface area contributed by atoms with E-state index in [0.29, 0.717) is 19.6 Å². The molecule has 1 aromatic heterocycles. The number of nitrogens with zero attached hydrogens (tertiary/aromatic N) is 2. The van der Waals surface area contributed by atoms with Crippen LogP contribution in [0.5, 0.6) is 5.75 Å². The number of hydrogen-bond donors (Lipinski definition) is 1. The summed E-state index contributed by atoms with van der Waals surface area (Å²) in [6.45, 7) is 2.00. The number of ether oxygens (including phenoxy) is 1. The highest BCUT2D eigenvalue weighted by atomic mass is 32.1. The molecule has 1 N–H and O–H groups in total. The number of para-hydroxylation sites is 1. The lowest BCUT2D eigenvalue weighted by atomic mass is 10.00. The maximum atomic E-state index is 12.3. The highest BCUT2D eigenvalue weighted by Gasteiger charge is 2.34. The molecule has 1 fully saturated rings. The fraction of sp³-hybridized carbons (Fsp3) is 0.263. The van der Waals surface area contributed by atoms with Crippen molar-refractivity contribution in [3.8, 4) is 5.75 Å². The van der Waals surface area contributed by atoms with E-state index in [1.807, 2.05) is 48.5 Å². The second kappa shape index (κ2) is 6.72. The molecule has 0 unspecified atom stereocenters. The van der Waals surface area contributed by atoms with Gasteiger partial charge in [0.05, 0.1) is 17.7 Å². The molecule has 25 heavy (non-hydrogen) atoms. The van der Waals surface area contributed by atoms with Crippen LogP contribution in [0.3, 0.4) is 0 Å². The molecule has 0 atom stereocenters. The first-order valence-corrected chi connectivity index (χ1v) is 9.06. The molecule has 0 aliphatic carbocycles. The van der Waals surface area contributed by atoms with Gasteiger partial charge in [0.25, 0.3) is 0 Å². The zero-order valence-electron chi connectivity index (χ0n) is 13.9. The largest absolute Gasteiger partial charge is 0.494 e. The number of aromatic nitrogens is 1. The normalized spacial score (nSPS) is 14.4. The molecule has 3 aromatic rings. The van der Waals surface area contributed by atoms with E-state index >= 15 is 0 Å². The van der Waals surface area contributed by atoms with Crippen molar-refractivity contribution in [1.29, 1.82) is 0 Å². The first-order valence-electron chi connectivity index (χ1n) is 8.24. The second-order valence-corrected chi connectivity index (χ2v) is 7.12. The summed E-state index contributed by atoms with van der Waals surface area (Å²) in [6.07, 6.45) is 0. The lowest BCUT2D eigenvalue weighted by Crippen LogP contribution is -2.53. The maximum absolute atomic E-state index is 12.3. The van der Waals surface area contributed by atoms with Crippen molar-refractivity contribution in [2.24, 2.45) is 5.92 Å². The number of fused-ring (bicyclic) bond motifs is 1. The van der Waals surface area contributed by atoms with Crippen LogP contribution in [0.25, 0.3) is 10.2 Å². The molecule has 4 rings (SSSR count). The van der Waals surface area contributed by atoms with E-state index in [4.69, 9.17) is 4.74 Å². The van der Waals surface area contributed by atoms with E-state index < -0.39 is 0 Å². The molecule has 6 heteroatoms. The summed E-state index contributed by atoms with van der Waals surface area (Å²) in [4.78, 5) is 19.1. The van der Waals surface area contributed by atoms with Crippen LogP contribution in [0.15, 0.2) is 48.5 Å². The van der Waals surface area contributed by atoms with Crippen molar-refractivity contribution in [1.82, 2.24) is 10.3 Å². The topological polar surface area (TPSA) is 54.5 Å². The summed E-state index contributed by atoms with van der Waals surface area (Å²) < 4.78 is 6.47. The van der Waals surface area contributed by atoms with Crippen LogP contribution in [0.4, 0.5) is 5.13 Å². The number of hydrogen-bond acceptors (Lipinski definition) is 5. The molecule has 1 saturated heterocycles. The predicted octanol–water partition coefficient (Wildman–Crippen LogP) is 3.06. The third-order valence-electron chi connectivity index (χ3n) is 4.42. The molecule has 2 aromatic carbocycles. The first-order chi connectivity index (χ1) is 12.2. The Morgan fingerprint density at radius 3 is 2.80 bits per heavy atom. The predicted molar refractivity (Wildman–Crippen MR) is 100 cm³/mol. The van der Waals surface area contributed by atoms with Crippen molar-refractivity contribution in [3.05, 3.63) is 54.1 Å². The van der Waals surface area contributed by atoms with Crippen molar-refractivity contribution in [2.45, 2.75) is 6.54 Å². The maximum Gasteiger partial charge on any atom is 0.226 e. The Morgan fingerprint density at radius 2 is 2.04 bits per heavy atom. The van der Waals surface area contributed by atoms with Gasteiger partial charge in [-0.1, -0.05) is 47.7 Å². The summed E-state index contributed by atoms with van der Waals surface area (Å²) in [5.41, 5.74) is 2.01. The van der Waals surface area contributed by atoms with E-state index in [-0.39, 0.29) is 11.8 Å². The van der Waals surface area contributed by atoms with Crippen molar-refractivity contribution in [3.63, 3.8) is 0 Å². The van der Waals surface area contributed by atoms with Gasteiger partial charge < -0.3 is 15.0 Å². The van der Waals surface area contributed by atoms with Gasteiger partial charge in [-0.15, -0.1) is 0 Å². The smallest absolute Gasteiger partial charge is 0.226 e. The molecule has 0 saturated carbocycles. The number of anilines is 1. The number of carbonyl (C=O) groups is 1. The Bertz CT molecular complexity index is 888.